The Morgan fingerprint density at radius 1 is 1.19 bits per heavy atom. The average molecular weight is 435 g/mol. The van der Waals surface area contributed by atoms with Crippen molar-refractivity contribution < 1.29 is 9.53 Å². The normalized spacial score (nSPS) is 13.3. The van der Waals surface area contributed by atoms with Gasteiger partial charge in [-0.2, -0.15) is 9.78 Å². The van der Waals surface area contributed by atoms with E-state index in [1.807, 2.05) is 47.4 Å². The fourth-order valence-electron chi connectivity index (χ4n) is 4.06. The number of nitrogens with one attached hydrogen (secondary N) is 1. The number of hydrogen-bond acceptors (Lipinski definition) is 5. The van der Waals surface area contributed by atoms with Crippen molar-refractivity contribution in [1.82, 2.24) is 14.8 Å². The van der Waals surface area contributed by atoms with Crippen molar-refractivity contribution in [3.05, 3.63) is 86.9 Å². The number of H-pyrrole nitrogens is 1. The lowest BCUT2D eigenvalue weighted by Gasteiger charge is -2.29. The van der Waals surface area contributed by atoms with Crippen LogP contribution in [0.15, 0.2) is 59.5 Å². The molecule has 0 atom stereocenters. The van der Waals surface area contributed by atoms with Gasteiger partial charge in [0, 0.05) is 41.7 Å². The number of benzene rings is 2. The highest BCUT2D eigenvalue weighted by atomic mass is 35.5. The molecule has 1 aliphatic heterocycles. The molecule has 1 N–H and O–H groups in total. The van der Waals surface area contributed by atoms with E-state index in [1.165, 1.54) is 11.8 Å². The Morgan fingerprint density at radius 2 is 2.00 bits per heavy atom. The third-order valence-corrected chi connectivity index (χ3v) is 5.99. The number of esters is 1. The molecule has 3 heterocycles. The van der Waals surface area contributed by atoms with Crippen LogP contribution in [0.4, 0.5) is 5.69 Å². The van der Waals surface area contributed by atoms with E-state index >= 15 is 0 Å². The van der Waals surface area contributed by atoms with Crippen LogP contribution in [0.1, 0.15) is 21.6 Å². The predicted molar refractivity (Wildman–Crippen MR) is 119 cm³/mol. The van der Waals surface area contributed by atoms with E-state index in [9.17, 15) is 9.59 Å². The highest BCUT2D eigenvalue weighted by Crippen LogP contribution is 2.32. The topological polar surface area (TPSA) is 80.2 Å². The Hall–Kier alpha value is -3.58. The Morgan fingerprint density at radius 3 is 2.77 bits per heavy atom. The lowest BCUT2D eigenvalue weighted by molar-refractivity contribution is 0.0601. The van der Waals surface area contributed by atoms with Crippen molar-refractivity contribution in [2.24, 2.45) is 0 Å². The summed E-state index contributed by atoms with van der Waals surface area (Å²) in [5.41, 5.74) is 4.56. The number of halogens is 1. The average Bonchev–Trinajstić information content (AvgIpc) is 3.18. The van der Waals surface area contributed by atoms with Crippen LogP contribution in [-0.2, 0) is 17.7 Å². The number of carbonyl (C=O) groups excluding carboxylic acids is 1. The van der Waals surface area contributed by atoms with Gasteiger partial charge in [0.05, 0.1) is 30.2 Å². The fraction of sp³-hybridized carbons (Fsp3) is 0.174. The number of ether oxygens (including phenoxy) is 1. The molecule has 0 bridgehead atoms. The summed E-state index contributed by atoms with van der Waals surface area (Å²) < 4.78 is 6.15. The summed E-state index contributed by atoms with van der Waals surface area (Å²) in [6.07, 6.45) is 2.39. The minimum absolute atomic E-state index is 0.136. The molecule has 0 amide bonds. The molecule has 4 aromatic rings. The second-order valence-corrected chi connectivity index (χ2v) is 7.78. The minimum Gasteiger partial charge on any atom is -0.465 e. The van der Waals surface area contributed by atoms with Crippen molar-refractivity contribution in [2.75, 3.05) is 18.6 Å². The van der Waals surface area contributed by atoms with Gasteiger partial charge >= 0.3 is 5.97 Å². The SMILES string of the molecule is COC(=O)c1ccc2[nH]c3c(c2c1)CN(c1cnn(-c2ccccc2)c(=O)c1Cl)CC3. The lowest BCUT2D eigenvalue weighted by atomic mass is 10.0. The van der Waals surface area contributed by atoms with Gasteiger partial charge in [-0.05, 0) is 30.3 Å². The molecule has 156 valence electrons. The van der Waals surface area contributed by atoms with E-state index in [1.54, 1.807) is 12.3 Å². The zero-order chi connectivity index (χ0) is 21.5. The van der Waals surface area contributed by atoms with Gasteiger partial charge in [-0.15, -0.1) is 0 Å². The maximum Gasteiger partial charge on any atom is 0.337 e. The number of para-hydroxylation sites is 1. The number of nitrogens with zero attached hydrogens (tertiary/aromatic N) is 3. The second-order valence-electron chi connectivity index (χ2n) is 7.40. The minimum atomic E-state index is -0.374. The smallest absolute Gasteiger partial charge is 0.337 e. The number of fused-ring (bicyclic) bond motifs is 3. The molecule has 0 aliphatic carbocycles. The molecule has 0 saturated heterocycles. The van der Waals surface area contributed by atoms with Crippen molar-refractivity contribution in [3.63, 3.8) is 0 Å². The van der Waals surface area contributed by atoms with Crippen LogP contribution in [0.3, 0.4) is 0 Å². The summed E-state index contributed by atoms with van der Waals surface area (Å²) in [7, 11) is 1.37. The fourth-order valence-corrected chi connectivity index (χ4v) is 4.31. The van der Waals surface area contributed by atoms with Crippen LogP contribution >= 0.6 is 11.6 Å². The van der Waals surface area contributed by atoms with Gasteiger partial charge in [-0.1, -0.05) is 29.8 Å². The molecule has 8 heteroatoms. The third-order valence-electron chi connectivity index (χ3n) is 5.64. The van der Waals surface area contributed by atoms with E-state index in [-0.39, 0.29) is 16.6 Å². The number of aromatic nitrogens is 3. The first-order chi connectivity index (χ1) is 15.1. The molecule has 0 fully saturated rings. The largest absolute Gasteiger partial charge is 0.465 e. The molecule has 2 aromatic heterocycles. The van der Waals surface area contributed by atoms with Crippen LogP contribution in [0.5, 0.6) is 0 Å². The van der Waals surface area contributed by atoms with Crippen LogP contribution in [0.25, 0.3) is 16.6 Å². The Bertz CT molecular complexity index is 1360. The molecule has 2 aromatic carbocycles. The van der Waals surface area contributed by atoms with Gasteiger partial charge in [0.15, 0.2) is 0 Å². The van der Waals surface area contributed by atoms with E-state index < -0.39 is 0 Å². The van der Waals surface area contributed by atoms with Crippen molar-refractivity contribution in [2.45, 2.75) is 13.0 Å². The Labute approximate surface area is 182 Å². The first-order valence-electron chi connectivity index (χ1n) is 9.87. The van der Waals surface area contributed by atoms with Crippen LogP contribution in [0.2, 0.25) is 5.02 Å². The van der Waals surface area contributed by atoms with Crippen LogP contribution in [-0.4, -0.2) is 34.4 Å². The molecule has 31 heavy (non-hydrogen) atoms. The quantitative estimate of drug-likeness (QED) is 0.497. The highest BCUT2D eigenvalue weighted by Gasteiger charge is 2.24. The maximum absolute atomic E-state index is 12.9. The number of carbonyl (C=O) groups is 1. The lowest BCUT2D eigenvalue weighted by Crippen LogP contribution is -2.33. The Kier molecular flexibility index (Phi) is 4.75. The van der Waals surface area contributed by atoms with Gasteiger partial charge in [0.25, 0.3) is 5.56 Å². The summed E-state index contributed by atoms with van der Waals surface area (Å²) in [5, 5.41) is 5.45. The molecular weight excluding hydrogens is 416 g/mol. The summed E-state index contributed by atoms with van der Waals surface area (Å²) in [4.78, 5) is 30.3. The van der Waals surface area contributed by atoms with E-state index in [0.717, 1.165) is 28.6 Å². The first kappa shape index (κ1) is 19.4. The molecule has 0 spiro atoms. The summed E-state index contributed by atoms with van der Waals surface area (Å²) in [6.45, 7) is 1.25. The molecule has 0 unspecified atom stereocenters. The van der Waals surface area contributed by atoms with Crippen molar-refractivity contribution >= 4 is 34.2 Å². The van der Waals surface area contributed by atoms with Crippen molar-refractivity contribution in [1.29, 1.82) is 0 Å². The van der Waals surface area contributed by atoms with Gasteiger partial charge in [0.1, 0.15) is 5.02 Å². The molecule has 5 rings (SSSR count). The molecule has 7 nitrogen and oxygen atoms in total. The summed E-state index contributed by atoms with van der Waals surface area (Å²) in [6, 6.07) is 14.7. The van der Waals surface area contributed by atoms with Gasteiger partial charge in [0.2, 0.25) is 0 Å². The number of aromatic amines is 1. The summed E-state index contributed by atoms with van der Waals surface area (Å²) >= 11 is 6.50. The first-order valence-corrected chi connectivity index (χ1v) is 10.2. The number of rotatable bonds is 3. The zero-order valence-electron chi connectivity index (χ0n) is 16.8. The van der Waals surface area contributed by atoms with E-state index in [2.05, 4.69) is 10.1 Å². The van der Waals surface area contributed by atoms with Gasteiger partial charge < -0.3 is 14.6 Å². The highest BCUT2D eigenvalue weighted by molar-refractivity contribution is 6.33. The Balaban J connectivity index is 1.53. The summed E-state index contributed by atoms with van der Waals surface area (Å²) in [5.74, 6) is -0.374. The monoisotopic (exact) mass is 434 g/mol. The predicted octanol–water partition coefficient (Wildman–Crippen LogP) is 3.72. The number of hydrogen-bond donors (Lipinski definition) is 1. The second kappa shape index (κ2) is 7.59. The van der Waals surface area contributed by atoms with E-state index in [0.29, 0.717) is 30.0 Å². The third kappa shape index (κ3) is 3.27. The number of methoxy groups -OCH3 is 1. The number of anilines is 1. The van der Waals surface area contributed by atoms with Crippen LogP contribution < -0.4 is 10.5 Å². The zero-order valence-corrected chi connectivity index (χ0v) is 17.5. The van der Waals surface area contributed by atoms with E-state index in [4.69, 9.17) is 16.3 Å². The molecule has 0 radical (unpaired) electrons. The standard InChI is InChI=1S/C23H19ClN4O3/c1-31-23(30)14-7-8-18-16(11-14)17-13-27(10-9-19(17)26-18)20-12-25-28(22(29)21(20)24)15-5-3-2-4-6-15/h2-8,11-12,26H,9-10,13H2,1H3. The maximum atomic E-state index is 12.9. The molecular formula is C23H19ClN4O3. The van der Waals surface area contributed by atoms with Gasteiger partial charge in [-0.3, -0.25) is 4.79 Å². The molecule has 1 aliphatic rings. The van der Waals surface area contributed by atoms with Gasteiger partial charge in [-0.25, -0.2) is 4.79 Å². The van der Waals surface area contributed by atoms with Crippen LogP contribution in [0, 0.1) is 0 Å². The van der Waals surface area contributed by atoms with Crippen molar-refractivity contribution in [3.8, 4) is 5.69 Å². The molecule has 0 saturated carbocycles.